The van der Waals surface area contributed by atoms with Crippen LogP contribution in [-0.2, 0) is 12.3 Å². The van der Waals surface area contributed by atoms with Crippen molar-refractivity contribution in [3.8, 4) is 11.1 Å². The van der Waals surface area contributed by atoms with E-state index in [0.717, 1.165) is 29.5 Å². The lowest BCUT2D eigenvalue weighted by atomic mass is 9.88. The van der Waals surface area contributed by atoms with Crippen molar-refractivity contribution >= 4 is 49.3 Å². The lowest BCUT2D eigenvalue weighted by Gasteiger charge is -2.20. The molecule has 0 saturated carbocycles. The zero-order chi connectivity index (χ0) is 24.2. The fourth-order valence-corrected chi connectivity index (χ4v) is 7.26. The minimum absolute atomic E-state index is 0.748. The summed E-state index contributed by atoms with van der Waals surface area (Å²) in [6.07, 6.45) is 2.10. The number of benzene rings is 6. The van der Waals surface area contributed by atoms with E-state index in [9.17, 15) is 0 Å². The van der Waals surface area contributed by atoms with Crippen LogP contribution in [0, 0.1) is 0 Å². The monoisotopic (exact) mass is 498 g/mol. The second kappa shape index (κ2) is 10.8. The van der Waals surface area contributed by atoms with Gasteiger partial charge in [-0.2, -0.15) is 0 Å². The van der Waals surface area contributed by atoms with E-state index in [-0.39, 0.29) is 0 Å². The molecule has 0 radical (unpaired) electrons. The Balaban J connectivity index is 1.53. The second-order valence-corrected chi connectivity index (χ2v) is 11.6. The molecule has 0 saturated heterocycles. The molecule has 0 spiro atoms. The highest BCUT2D eigenvalue weighted by Crippen LogP contribution is 2.42. The molecule has 6 aromatic carbocycles. The van der Waals surface area contributed by atoms with Crippen LogP contribution in [0.1, 0.15) is 11.1 Å². The van der Waals surface area contributed by atoms with E-state index in [1.807, 2.05) is 0 Å². The molecule has 0 aliphatic carbocycles. The molecule has 0 fully saturated rings. The molecule has 0 aliphatic rings. The summed E-state index contributed by atoms with van der Waals surface area (Å²) in [5.74, 6) is 0. The number of hydrogen-bond acceptors (Lipinski definition) is 0. The molecule has 0 amide bonds. The molecule has 0 N–H and O–H groups in total. The van der Waals surface area contributed by atoms with E-state index < -0.39 is 0 Å². The lowest BCUT2D eigenvalue weighted by Crippen LogP contribution is -1.99. The van der Waals surface area contributed by atoms with Gasteiger partial charge in [-0.25, -0.2) is 0 Å². The summed E-state index contributed by atoms with van der Waals surface area (Å²) in [4.78, 5) is 0. The van der Waals surface area contributed by atoms with Crippen molar-refractivity contribution in [3.05, 3.63) is 145 Å². The van der Waals surface area contributed by atoms with Crippen molar-refractivity contribution in [1.29, 1.82) is 0 Å². The number of fused-ring (bicyclic) bond motifs is 2. The maximum absolute atomic E-state index is 2.37. The van der Waals surface area contributed by atoms with Gasteiger partial charge in [0.25, 0.3) is 0 Å². The van der Waals surface area contributed by atoms with Crippen LogP contribution in [0.5, 0.6) is 0 Å². The van der Waals surface area contributed by atoms with E-state index in [1.165, 1.54) is 54.4 Å². The van der Waals surface area contributed by atoms with Gasteiger partial charge in [0, 0.05) is 0 Å². The maximum atomic E-state index is 2.37. The average molecular weight is 499 g/mol. The molecule has 6 rings (SSSR count). The fraction of sp³-hybridized carbons (Fsp3) is 0.0588. The SMILES string of the molecule is c1ccc(PCc2ccc3ccccc3c2-c2c(CPc3ccccc3)ccc3ccccc23)cc1. The molecule has 0 bridgehead atoms. The molecule has 174 valence electrons. The van der Waals surface area contributed by atoms with Crippen molar-refractivity contribution in [2.24, 2.45) is 0 Å². The molecular formula is C34H28P2. The summed E-state index contributed by atoms with van der Waals surface area (Å²) in [6, 6.07) is 49.0. The first-order chi connectivity index (χ1) is 17.9. The summed E-state index contributed by atoms with van der Waals surface area (Å²) in [7, 11) is 1.50. The predicted octanol–water partition coefficient (Wildman–Crippen LogP) is 8.67. The average Bonchev–Trinajstić information content (AvgIpc) is 2.95. The number of hydrogen-bond donors (Lipinski definition) is 0. The van der Waals surface area contributed by atoms with Crippen LogP contribution in [0.15, 0.2) is 133 Å². The zero-order valence-corrected chi connectivity index (χ0v) is 22.1. The molecule has 0 aliphatic heterocycles. The summed E-state index contributed by atoms with van der Waals surface area (Å²) in [5, 5.41) is 8.16. The van der Waals surface area contributed by atoms with E-state index in [0.29, 0.717) is 0 Å². The molecule has 36 heavy (non-hydrogen) atoms. The Kier molecular flexibility index (Phi) is 6.91. The molecule has 0 nitrogen and oxygen atoms in total. The van der Waals surface area contributed by atoms with Gasteiger partial charge in [-0.05, 0) is 66.7 Å². The van der Waals surface area contributed by atoms with Gasteiger partial charge in [-0.15, -0.1) is 0 Å². The van der Waals surface area contributed by atoms with Crippen molar-refractivity contribution in [2.45, 2.75) is 12.3 Å². The molecule has 2 atom stereocenters. The van der Waals surface area contributed by atoms with Gasteiger partial charge in [0.15, 0.2) is 0 Å². The van der Waals surface area contributed by atoms with Crippen LogP contribution in [0.3, 0.4) is 0 Å². The highest BCUT2D eigenvalue weighted by Gasteiger charge is 2.17. The summed E-state index contributed by atoms with van der Waals surface area (Å²) < 4.78 is 0. The second-order valence-electron chi connectivity index (χ2n) is 9.08. The first-order valence-electron chi connectivity index (χ1n) is 12.5. The maximum Gasteiger partial charge on any atom is -0.00538 e. The zero-order valence-electron chi connectivity index (χ0n) is 20.1. The minimum atomic E-state index is 0.748. The number of rotatable bonds is 7. The topological polar surface area (TPSA) is 0 Å². The van der Waals surface area contributed by atoms with E-state index >= 15 is 0 Å². The fourth-order valence-electron chi connectivity index (χ4n) is 5.03. The summed E-state index contributed by atoms with van der Waals surface area (Å²) in [5.41, 5.74) is 5.72. The highest BCUT2D eigenvalue weighted by atomic mass is 31.1. The molecular weight excluding hydrogens is 470 g/mol. The van der Waals surface area contributed by atoms with Crippen LogP contribution in [0.4, 0.5) is 0 Å². The van der Waals surface area contributed by atoms with Gasteiger partial charge < -0.3 is 0 Å². The highest BCUT2D eigenvalue weighted by molar-refractivity contribution is 7.46. The van der Waals surface area contributed by atoms with Crippen LogP contribution >= 0.6 is 17.2 Å². The Bertz CT molecular complexity index is 1500. The van der Waals surface area contributed by atoms with Gasteiger partial charge >= 0.3 is 0 Å². The molecule has 2 heteroatoms. The van der Waals surface area contributed by atoms with E-state index in [1.54, 1.807) is 0 Å². The van der Waals surface area contributed by atoms with Crippen LogP contribution in [0.25, 0.3) is 32.7 Å². The lowest BCUT2D eigenvalue weighted by molar-refractivity contribution is 1.39. The molecule has 0 heterocycles. The van der Waals surface area contributed by atoms with Gasteiger partial charge in [0.2, 0.25) is 0 Å². The van der Waals surface area contributed by atoms with Gasteiger partial charge in [0.1, 0.15) is 0 Å². The van der Waals surface area contributed by atoms with Crippen molar-refractivity contribution in [1.82, 2.24) is 0 Å². The van der Waals surface area contributed by atoms with Gasteiger partial charge in [0.05, 0.1) is 0 Å². The van der Waals surface area contributed by atoms with Crippen LogP contribution in [-0.4, -0.2) is 0 Å². The van der Waals surface area contributed by atoms with Gasteiger partial charge in [-0.3, -0.25) is 0 Å². The van der Waals surface area contributed by atoms with Crippen molar-refractivity contribution < 1.29 is 0 Å². The normalized spacial score (nSPS) is 11.9. The standard InChI is InChI=1S/C34H28P2/c1-3-13-29(14-4-1)35-23-27-21-19-25-11-7-9-17-31(25)33(27)34-28(24-36-30-15-5-2-6-16-30)22-20-26-12-8-10-18-32(26)34/h1-22,35-36H,23-24H2. The van der Waals surface area contributed by atoms with Crippen molar-refractivity contribution in [3.63, 3.8) is 0 Å². The summed E-state index contributed by atoms with van der Waals surface area (Å²) in [6.45, 7) is 0. The summed E-state index contributed by atoms with van der Waals surface area (Å²) >= 11 is 0. The van der Waals surface area contributed by atoms with Crippen LogP contribution < -0.4 is 10.6 Å². The Morgan fingerprint density at radius 3 is 1.19 bits per heavy atom. The predicted molar refractivity (Wildman–Crippen MR) is 163 cm³/mol. The van der Waals surface area contributed by atoms with Crippen LogP contribution in [0.2, 0.25) is 0 Å². The minimum Gasteiger partial charge on any atom is -0.0859 e. The first-order valence-corrected chi connectivity index (χ1v) is 14.9. The Morgan fingerprint density at radius 2 is 0.750 bits per heavy atom. The van der Waals surface area contributed by atoms with Crippen molar-refractivity contribution in [2.75, 3.05) is 0 Å². The van der Waals surface area contributed by atoms with E-state index in [2.05, 4.69) is 133 Å². The third-order valence-corrected chi connectivity index (χ3v) is 9.39. The molecule has 0 aromatic heterocycles. The third-order valence-electron chi connectivity index (χ3n) is 6.79. The Morgan fingerprint density at radius 1 is 0.361 bits per heavy atom. The first kappa shape index (κ1) is 23.1. The largest absolute Gasteiger partial charge is 0.0859 e. The third kappa shape index (κ3) is 4.85. The Hall–Kier alpha value is -3.30. The smallest absolute Gasteiger partial charge is 0.00538 e. The molecule has 6 aromatic rings. The quantitative estimate of drug-likeness (QED) is 0.193. The molecule has 2 unspecified atom stereocenters. The van der Waals surface area contributed by atoms with Gasteiger partial charge in [-0.1, -0.05) is 151 Å². The van der Waals surface area contributed by atoms with E-state index in [4.69, 9.17) is 0 Å². The Labute approximate surface area is 217 Å².